The van der Waals surface area contributed by atoms with Crippen LogP contribution < -0.4 is 21.7 Å². The second-order valence-electron chi connectivity index (χ2n) is 7.50. The van der Waals surface area contributed by atoms with Gasteiger partial charge in [0, 0.05) is 17.0 Å². The monoisotopic (exact) mass is 477 g/mol. The van der Waals surface area contributed by atoms with E-state index in [2.05, 4.69) is 30.4 Å². The van der Waals surface area contributed by atoms with Crippen LogP contribution in [0.3, 0.4) is 0 Å². The number of aromatic hydroxyl groups is 1. The summed E-state index contributed by atoms with van der Waals surface area (Å²) in [6.07, 6.45) is 0.195. The molecule has 0 aliphatic heterocycles. The predicted octanol–water partition coefficient (Wildman–Crippen LogP) is 2.48. The van der Waals surface area contributed by atoms with Gasteiger partial charge in [-0.3, -0.25) is 9.98 Å². The lowest BCUT2D eigenvalue weighted by atomic mass is 10.2. The summed E-state index contributed by atoms with van der Waals surface area (Å²) in [5.41, 5.74) is -0.504. The summed E-state index contributed by atoms with van der Waals surface area (Å²) >= 11 is 5.71. The number of imidazole rings is 1. The number of aromatic nitrogens is 5. The Morgan fingerprint density at radius 2 is 2.06 bits per heavy atom. The van der Waals surface area contributed by atoms with Gasteiger partial charge in [-0.25, -0.2) is 9.78 Å². The first kappa shape index (κ1) is 21.1. The Bertz CT molecular complexity index is 1550. The Morgan fingerprint density at radius 3 is 2.73 bits per heavy atom. The number of halogens is 4. The molecule has 1 aromatic carbocycles. The van der Waals surface area contributed by atoms with Gasteiger partial charge in [0.15, 0.2) is 11.1 Å². The minimum atomic E-state index is -4.61. The van der Waals surface area contributed by atoms with Gasteiger partial charge in [0.1, 0.15) is 11.5 Å². The maximum absolute atomic E-state index is 13.2. The summed E-state index contributed by atoms with van der Waals surface area (Å²) in [5, 5.41) is 17.0. The lowest BCUT2D eigenvalue weighted by Gasteiger charge is -2.12. The van der Waals surface area contributed by atoms with Crippen molar-refractivity contribution in [3.8, 4) is 5.88 Å². The Morgan fingerprint density at radius 1 is 1.27 bits per heavy atom. The molecule has 1 aliphatic rings. The van der Waals surface area contributed by atoms with Crippen LogP contribution in [-0.4, -0.2) is 35.7 Å². The fourth-order valence-corrected chi connectivity index (χ4v) is 3.45. The molecule has 0 bridgehead atoms. The van der Waals surface area contributed by atoms with E-state index in [0.717, 1.165) is 25.0 Å². The fourth-order valence-electron chi connectivity index (χ4n) is 3.23. The first-order chi connectivity index (χ1) is 15.7. The minimum absolute atomic E-state index is 0.128. The first-order valence-corrected chi connectivity index (χ1v) is 10.1. The maximum atomic E-state index is 13.2. The molecule has 33 heavy (non-hydrogen) atoms. The van der Waals surface area contributed by atoms with Crippen LogP contribution in [0.1, 0.15) is 24.1 Å². The van der Waals surface area contributed by atoms with E-state index in [-0.39, 0.29) is 29.1 Å². The van der Waals surface area contributed by atoms with Gasteiger partial charge >= 0.3 is 11.9 Å². The molecular formula is C20H15ClF3N7O2. The molecule has 0 spiro atoms. The molecule has 3 heterocycles. The van der Waals surface area contributed by atoms with Crippen LogP contribution in [0, 0.1) is 0 Å². The number of nitrogens with zero attached hydrogens (tertiary/aromatic N) is 4. The van der Waals surface area contributed by atoms with E-state index in [1.165, 1.54) is 22.9 Å². The second-order valence-corrected chi connectivity index (χ2v) is 7.91. The first-order valence-electron chi connectivity index (χ1n) is 9.77. The third kappa shape index (κ3) is 4.29. The van der Waals surface area contributed by atoms with Crippen molar-refractivity contribution in [3.05, 3.63) is 67.9 Å². The molecule has 0 atom stereocenters. The Kier molecular flexibility index (Phi) is 4.89. The van der Waals surface area contributed by atoms with Gasteiger partial charge in [0.05, 0.1) is 22.8 Å². The minimum Gasteiger partial charge on any atom is -0.493 e. The molecule has 170 valence electrons. The number of fused-ring (bicyclic) bond motifs is 1. The van der Waals surface area contributed by atoms with Crippen LogP contribution in [0.5, 0.6) is 5.88 Å². The summed E-state index contributed by atoms with van der Waals surface area (Å²) in [6, 6.07) is 5.19. The average molecular weight is 478 g/mol. The van der Waals surface area contributed by atoms with Crippen molar-refractivity contribution in [2.45, 2.75) is 25.1 Å². The van der Waals surface area contributed by atoms with Crippen LogP contribution in [0.25, 0.3) is 11.7 Å². The number of rotatable bonds is 4. The van der Waals surface area contributed by atoms with Gasteiger partial charge in [-0.05, 0) is 37.1 Å². The number of hydrogen-bond acceptors (Lipinski definition) is 6. The molecule has 0 saturated heterocycles. The van der Waals surface area contributed by atoms with E-state index < -0.39 is 22.5 Å². The standard InChI is InChI=1S/C20H15ClF3N7O2/c21-13-4-3-11(6-12(13)20(22,23)24)26-15-7-16(27-10-1-2-10)31-17(29-15)9(8-25-31)5-14-18(32)30-19(33)28-14/h3-8,10,26,32H,1-2H2,(H2,28,30,33). The molecule has 3 aromatic heterocycles. The molecule has 4 aromatic rings. The summed E-state index contributed by atoms with van der Waals surface area (Å²) in [4.78, 5) is 25.2. The zero-order valence-corrected chi connectivity index (χ0v) is 17.4. The maximum Gasteiger partial charge on any atom is 0.417 e. The van der Waals surface area contributed by atoms with Crippen LogP contribution in [0.2, 0.25) is 5.02 Å². The molecule has 9 nitrogen and oxygen atoms in total. The summed E-state index contributed by atoms with van der Waals surface area (Å²) in [6.45, 7) is 0. The lowest BCUT2D eigenvalue weighted by Crippen LogP contribution is -2.20. The number of nitrogens with one attached hydrogen (secondary N) is 3. The third-order valence-corrected chi connectivity index (χ3v) is 5.25. The van der Waals surface area contributed by atoms with Crippen molar-refractivity contribution >= 4 is 34.8 Å². The Hall–Kier alpha value is -3.80. The van der Waals surface area contributed by atoms with Crippen molar-refractivity contribution in [1.82, 2.24) is 24.6 Å². The van der Waals surface area contributed by atoms with Gasteiger partial charge in [-0.15, -0.1) is 0 Å². The van der Waals surface area contributed by atoms with Gasteiger partial charge in [-0.2, -0.15) is 22.8 Å². The number of benzene rings is 1. The van der Waals surface area contributed by atoms with E-state index in [9.17, 15) is 23.1 Å². The predicted molar refractivity (Wildman–Crippen MR) is 113 cm³/mol. The van der Waals surface area contributed by atoms with E-state index in [1.54, 1.807) is 6.07 Å². The van der Waals surface area contributed by atoms with E-state index in [1.807, 2.05) is 0 Å². The highest BCUT2D eigenvalue weighted by Gasteiger charge is 2.33. The Balaban J connectivity index is 1.64. The Labute approximate surface area is 187 Å². The summed E-state index contributed by atoms with van der Waals surface area (Å²) in [7, 11) is 0. The van der Waals surface area contributed by atoms with E-state index in [4.69, 9.17) is 11.6 Å². The normalized spacial score (nSPS) is 15.5. The van der Waals surface area contributed by atoms with Crippen LogP contribution in [0.4, 0.5) is 24.7 Å². The van der Waals surface area contributed by atoms with Gasteiger partial charge in [0.25, 0.3) is 0 Å². The van der Waals surface area contributed by atoms with Gasteiger partial charge in [-0.1, -0.05) is 11.6 Å². The lowest BCUT2D eigenvalue weighted by molar-refractivity contribution is -0.137. The highest BCUT2D eigenvalue weighted by molar-refractivity contribution is 6.31. The van der Waals surface area contributed by atoms with Crippen LogP contribution >= 0.6 is 11.6 Å². The average Bonchev–Trinajstić information content (AvgIpc) is 3.37. The van der Waals surface area contributed by atoms with Crippen LogP contribution in [-0.2, 0) is 6.18 Å². The van der Waals surface area contributed by atoms with Gasteiger partial charge in [0.2, 0.25) is 5.88 Å². The molecule has 0 amide bonds. The molecule has 13 heteroatoms. The number of hydrogen-bond donors (Lipinski definition) is 4. The fraction of sp³-hybridized carbons (Fsp3) is 0.200. The van der Waals surface area contributed by atoms with Crippen LogP contribution in [0.15, 0.2) is 40.2 Å². The quantitative estimate of drug-likeness (QED) is 0.359. The van der Waals surface area contributed by atoms with Crippen molar-refractivity contribution in [1.29, 1.82) is 0 Å². The topological polar surface area (TPSA) is 123 Å². The highest BCUT2D eigenvalue weighted by atomic mass is 35.5. The summed E-state index contributed by atoms with van der Waals surface area (Å²) in [5.74, 6) is -0.114. The zero-order valence-electron chi connectivity index (χ0n) is 16.6. The molecule has 1 aliphatic carbocycles. The number of anilines is 2. The molecule has 5 rings (SSSR count). The SMILES string of the molecule is O=c1[nH]c(O)c(C=c2cnn3c(=NC4CC4)cc(Nc4ccc(Cl)c(C(F)(F)F)c4)nc23)[nH]1. The van der Waals surface area contributed by atoms with Crippen molar-refractivity contribution in [3.63, 3.8) is 0 Å². The van der Waals surface area contributed by atoms with Crippen molar-refractivity contribution < 1.29 is 18.3 Å². The van der Waals surface area contributed by atoms with Crippen molar-refractivity contribution in [2.24, 2.45) is 4.99 Å². The van der Waals surface area contributed by atoms with E-state index >= 15 is 0 Å². The number of aromatic amines is 2. The number of alkyl halides is 3. The van der Waals surface area contributed by atoms with Crippen molar-refractivity contribution in [2.75, 3.05) is 5.32 Å². The summed E-state index contributed by atoms with van der Waals surface area (Å²) < 4.78 is 41.2. The molecule has 1 saturated carbocycles. The smallest absolute Gasteiger partial charge is 0.417 e. The third-order valence-electron chi connectivity index (χ3n) is 4.92. The molecule has 4 N–H and O–H groups in total. The molecular weight excluding hydrogens is 463 g/mol. The second kappa shape index (κ2) is 7.66. The zero-order chi connectivity index (χ0) is 23.3. The van der Waals surface area contributed by atoms with Gasteiger partial charge < -0.3 is 15.4 Å². The highest BCUT2D eigenvalue weighted by Crippen LogP contribution is 2.36. The molecule has 0 unspecified atom stereocenters. The van der Waals surface area contributed by atoms with E-state index in [0.29, 0.717) is 16.4 Å². The molecule has 1 fully saturated rings. The largest absolute Gasteiger partial charge is 0.493 e. The number of H-pyrrole nitrogens is 2. The molecule has 0 radical (unpaired) electrons.